The summed E-state index contributed by atoms with van der Waals surface area (Å²) in [5, 5.41) is 3.48. The van der Waals surface area contributed by atoms with E-state index in [0.717, 1.165) is 28.6 Å². The molecule has 0 saturated carbocycles. The quantitative estimate of drug-likeness (QED) is 0.536. The average Bonchev–Trinajstić information content (AvgIpc) is 2.65. The van der Waals surface area contributed by atoms with Gasteiger partial charge in [-0.25, -0.2) is 13.4 Å². The van der Waals surface area contributed by atoms with Gasteiger partial charge in [0.05, 0.1) is 23.7 Å². The normalized spacial score (nSPS) is 11.2. The van der Waals surface area contributed by atoms with Crippen molar-refractivity contribution in [2.75, 3.05) is 16.3 Å². The Morgan fingerprint density at radius 1 is 1.10 bits per heavy atom. The number of aromatic nitrogens is 2. The van der Waals surface area contributed by atoms with Crippen molar-refractivity contribution in [2.45, 2.75) is 24.6 Å². The number of hydrogen-bond donors (Lipinski definition) is 2. The molecule has 7 nitrogen and oxygen atoms in total. The second kappa shape index (κ2) is 9.27. The number of carbonyl (C=O) groups excluding carboxylic acids is 1. The minimum atomic E-state index is -3.42. The number of amides is 1. The van der Waals surface area contributed by atoms with E-state index >= 15 is 0 Å². The van der Waals surface area contributed by atoms with Gasteiger partial charge in [-0.05, 0) is 60.9 Å². The first-order valence-corrected chi connectivity index (χ1v) is 12.0. The first-order chi connectivity index (χ1) is 14.2. The molecule has 3 aromatic rings. The highest BCUT2D eigenvalue weighted by Crippen LogP contribution is 2.28. The summed E-state index contributed by atoms with van der Waals surface area (Å²) in [6.45, 7) is 3.95. The highest BCUT2D eigenvalue weighted by atomic mass is 32.2. The predicted molar refractivity (Wildman–Crippen MR) is 120 cm³/mol. The molecule has 0 atom stereocenters. The molecule has 0 saturated heterocycles. The van der Waals surface area contributed by atoms with Gasteiger partial charge in [-0.1, -0.05) is 6.07 Å². The second-order valence-corrected chi connectivity index (χ2v) is 9.59. The summed E-state index contributed by atoms with van der Waals surface area (Å²) < 4.78 is 25.6. The van der Waals surface area contributed by atoms with Gasteiger partial charge in [0.15, 0.2) is 0 Å². The molecule has 0 aliphatic carbocycles. The van der Waals surface area contributed by atoms with Gasteiger partial charge in [-0.15, -0.1) is 11.8 Å². The molecule has 0 aliphatic heterocycles. The number of benzene rings is 1. The third-order valence-corrected chi connectivity index (χ3v) is 5.71. The van der Waals surface area contributed by atoms with Crippen LogP contribution in [0.25, 0.3) is 0 Å². The van der Waals surface area contributed by atoms with E-state index in [9.17, 15) is 13.2 Å². The molecule has 0 unspecified atom stereocenters. The second-order valence-electron chi connectivity index (χ2n) is 6.88. The molecule has 156 valence electrons. The van der Waals surface area contributed by atoms with Crippen LogP contribution in [-0.4, -0.2) is 30.5 Å². The van der Waals surface area contributed by atoms with Crippen LogP contribution in [0.1, 0.15) is 27.0 Å². The molecule has 1 amide bonds. The maximum Gasteiger partial charge on any atom is 0.258 e. The number of pyridine rings is 2. The number of sulfonamides is 1. The summed E-state index contributed by atoms with van der Waals surface area (Å²) in [6.07, 6.45) is 5.77. The van der Waals surface area contributed by atoms with Gasteiger partial charge in [0, 0.05) is 23.8 Å². The molecule has 0 spiro atoms. The zero-order chi connectivity index (χ0) is 21.7. The SMILES string of the molecule is Cc1cc(C)cc(NC(=O)c2cccnc2SCc2ccncc2NS(C)(=O)=O)c1. The van der Waals surface area contributed by atoms with E-state index in [1.165, 1.54) is 18.0 Å². The van der Waals surface area contributed by atoms with Crippen LogP contribution in [0.15, 0.2) is 60.0 Å². The number of hydrogen-bond acceptors (Lipinski definition) is 6. The highest BCUT2D eigenvalue weighted by Gasteiger charge is 2.15. The van der Waals surface area contributed by atoms with Crippen LogP contribution in [0.3, 0.4) is 0 Å². The monoisotopic (exact) mass is 442 g/mol. The number of carbonyl (C=O) groups is 1. The zero-order valence-electron chi connectivity index (χ0n) is 16.8. The van der Waals surface area contributed by atoms with Gasteiger partial charge < -0.3 is 5.32 Å². The summed E-state index contributed by atoms with van der Waals surface area (Å²) in [5.41, 5.74) is 4.46. The molecule has 0 radical (unpaired) electrons. The zero-order valence-corrected chi connectivity index (χ0v) is 18.5. The molecule has 2 N–H and O–H groups in total. The van der Waals surface area contributed by atoms with Crippen molar-refractivity contribution in [1.82, 2.24) is 9.97 Å². The maximum atomic E-state index is 12.9. The minimum Gasteiger partial charge on any atom is -0.322 e. The van der Waals surface area contributed by atoms with E-state index < -0.39 is 10.0 Å². The Bertz CT molecular complexity index is 1160. The fourth-order valence-electron chi connectivity index (χ4n) is 2.91. The Balaban J connectivity index is 1.79. The Kier molecular flexibility index (Phi) is 6.73. The first-order valence-electron chi connectivity index (χ1n) is 9.09. The van der Waals surface area contributed by atoms with Crippen LogP contribution in [-0.2, 0) is 15.8 Å². The Morgan fingerprint density at radius 2 is 1.83 bits per heavy atom. The van der Waals surface area contributed by atoms with E-state index in [1.807, 2.05) is 32.0 Å². The number of nitrogens with one attached hydrogen (secondary N) is 2. The summed E-state index contributed by atoms with van der Waals surface area (Å²) in [7, 11) is -3.42. The van der Waals surface area contributed by atoms with Gasteiger partial charge in [-0.3, -0.25) is 14.5 Å². The smallest absolute Gasteiger partial charge is 0.258 e. The predicted octanol–water partition coefficient (Wildman–Crippen LogP) is 4.01. The van der Waals surface area contributed by atoms with Crippen LogP contribution in [0.5, 0.6) is 0 Å². The van der Waals surface area contributed by atoms with Gasteiger partial charge in [-0.2, -0.15) is 0 Å². The standard InChI is InChI=1S/C21H22N4O3S2/c1-14-9-15(2)11-17(10-14)24-20(26)18-5-4-7-23-21(18)29-13-16-6-8-22-12-19(16)25-30(3,27)28/h4-12,25H,13H2,1-3H3,(H,24,26). The fraction of sp³-hybridized carbons (Fsp3) is 0.190. The Hall–Kier alpha value is -2.91. The van der Waals surface area contributed by atoms with Crippen LogP contribution >= 0.6 is 11.8 Å². The lowest BCUT2D eigenvalue weighted by molar-refractivity contribution is 0.102. The molecule has 0 bridgehead atoms. The van der Waals surface area contributed by atoms with E-state index in [0.29, 0.717) is 22.0 Å². The summed E-state index contributed by atoms with van der Waals surface area (Å²) in [5.74, 6) is 0.168. The van der Waals surface area contributed by atoms with Crippen LogP contribution in [0, 0.1) is 13.8 Å². The molecular formula is C21H22N4O3S2. The summed E-state index contributed by atoms with van der Waals surface area (Å²) >= 11 is 1.35. The minimum absolute atomic E-state index is 0.250. The lowest BCUT2D eigenvalue weighted by Crippen LogP contribution is -2.14. The Labute approximate surface area is 180 Å². The number of rotatable bonds is 7. The highest BCUT2D eigenvalue weighted by molar-refractivity contribution is 7.98. The van der Waals surface area contributed by atoms with E-state index in [-0.39, 0.29) is 5.91 Å². The van der Waals surface area contributed by atoms with Crippen molar-refractivity contribution in [3.8, 4) is 0 Å². The van der Waals surface area contributed by atoms with Gasteiger partial charge in [0.25, 0.3) is 5.91 Å². The molecule has 30 heavy (non-hydrogen) atoms. The number of aryl methyl sites for hydroxylation is 2. The van der Waals surface area contributed by atoms with E-state index in [4.69, 9.17) is 0 Å². The molecular weight excluding hydrogens is 420 g/mol. The van der Waals surface area contributed by atoms with Crippen molar-refractivity contribution >= 4 is 39.1 Å². The number of nitrogens with zero attached hydrogens (tertiary/aromatic N) is 2. The third kappa shape index (κ3) is 6.04. The lowest BCUT2D eigenvalue weighted by Gasteiger charge is -2.12. The lowest BCUT2D eigenvalue weighted by atomic mass is 10.1. The summed E-state index contributed by atoms with van der Waals surface area (Å²) in [6, 6.07) is 11.0. The van der Waals surface area contributed by atoms with Crippen molar-refractivity contribution in [1.29, 1.82) is 0 Å². The van der Waals surface area contributed by atoms with Gasteiger partial charge in [0.2, 0.25) is 10.0 Å². The Morgan fingerprint density at radius 3 is 2.53 bits per heavy atom. The van der Waals surface area contributed by atoms with Crippen LogP contribution < -0.4 is 10.0 Å². The van der Waals surface area contributed by atoms with Crippen molar-refractivity contribution in [3.63, 3.8) is 0 Å². The van der Waals surface area contributed by atoms with Crippen molar-refractivity contribution < 1.29 is 13.2 Å². The largest absolute Gasteiger partial charge is 0.322 e. The van der Waals surface area contributed by atoms with Crippen LogP contribution in [0.4, 0.5) is 11.4 Å². The maximum absolute atomic E-state index is 12.9. The fourth-order valence-corrected chi connectivity index (χ4v) is 4.49. The van der Waals surface area contributed by atoms with Crippen molar-refractivity contribution in [3.05, 3.63) is 77.2 Å². The molecule has 9 heteroatoms. The van der Waals surface area contributed by atoms with Gasteiger partial charge >= 0.3 is 0 Å². The van der Waals surface area contributed by atoms with Crippen molar-refractivity contribution in [2.24, 2.45) is 0 Å². The molecule has 0 fully saturated rings. The van der Waals surface area contributed by atoms with E-state index in [2.05, 4.69) is 20.0 Å². The summed E-state index contributed by atoms with van der Waals surface area (Å²) in [4.78, 5) is 21.2. The molecule has 3 rings (SSSR count). The molecule has 2 aromatic heterocycles. The van der Waals surface area contributed by atoms with E-state index in [1.54, 1.807) is 30.6 Å². The third-order valence-electron chi connectivity index (χ3n) is 4.07. The topological polar surface area (TPSA) is 101 Å². The molecule has 1 aromatic carbocycles. The van der Waals surface area contributed by atoms with Crippen LogP contribution in [0.2, 0.25) is 0 Å². The molecule has 0 aliphatic rings. The number of anilines is 2. The molecule has 2 heterocycles. The average molecular weight is 443 g/mol. The first kappa shape index (κ1) is 21.8. The van der Waals surface area contributed by atoms with Gasteiger partial charge in [0.1, 0.15) is 5.03 Å². The number of thioether (sulfide) groups is 1.